The van der Waals surface area contributed by atoms with Crippen molar-refractivity contribution in [2.24, 2.45) is 0 Å². The summed E-state index contributed by atoms with van der Waals surface area (Å²) in [5.41, 5.74) is 1.31. The topological polar surface area (TPSA) is 139 Å². The molecular weight excluding hydrogens is 344 g/mol. The molecule has 11 heteroatoms. The number of rotatable bonds is 6. The van der Waals surface area contributed by atoms with Gasteiger partial charge in [0.1, 0.15) is 6.54 Å². The first-order chi connectivity index (χ1) is 12.1. The Kier molecular flexibility index (Phi) is 4.73. The van der Waals surface area contributed by atoms with Crippen LogP contribution in [-0.2, 0) is 16.6 Å². The third-order valence-corrected chi connectivity index (χ3v) is 4.55. The fourth-order valence-electron chi connectivity index (χ4n) is 1.98. The van der Waals surface area contributed by atoms with E-state index in [1.165, 1.54) is 16.9 Å². The number of nitrogens with one attached hydrogen (secondary N) is 1. The molecule has 25 heavy (non-hydrogen) atoms. The van der Waals surface area contributed by atoms with Crippen molar-refractivity contribution in [1.82, 2.24) is 34.9 Å². The molecule has 1 N–H and O–H groups in total. The van der Waals surface area contributed by atoms with Gasteiger partial charge in [0.2, 0.25) is 15.8 Å². The van der Waals surface area contributed by atoms with Crippen LogP contribution < -0.4 is 4.72 Å². The van der Waals surface area contributed by atoms with Crippen LogP contribution >= 0.6 is 0 Å². The van der Waals surface area contributed by atoms with E-state index in [2.05, 4.69) is 30.1 Å². The first kappa shape index (κ1) is 16.6. The van der Waals surface area contributed by atoms with Gasteiger partial charge in [-0.1, -0.05) is 0 Å². The summed E-state index contributed by atoms with van der Waals surface area (Å²) in [7, 11) is -3.71. The lowest BCUT2D eigenvalue weighted by molar-refractivity contribution is 0.563. The molecule has 1 aromatic carbocycles. The highest BCUT2D eigenvalue weighted by Crippen LogP contribution is 2.17. The number of nitrogens with zero attached hydrogens (tertiary/aromatic N) is 7. The molecule has 0 unspecified atom stereocenters. The van der Waals surface area contributed by atoms with Crippen LogP contribution in [0.15, 0.2) is 47.8 Å². The molecule has 0 saturated carbocycles. The first-order valence-corrected chi connectivity index (χ1v) is 8.56. The first-order valence-electron chi connectivity index (χ1n) is 7.08. The molecule has 10 nitrogen and oxygen atoms in total. The summed E-state index contributed by atoms with van der Waals surface area (Å²) in [4.78, 5) is 9.52. The SMILES string of the molecule is N#CCNS(=O)(=O)c1ccc(-c2nnn(Cc3cnccn3)n2)cc1. The van der Waals surface area contributed by atoms with Gasteiger partial charge in [-0.15, -0.1) is 10.2 Å². The van der Waals surface area contributed by atoms with Gasteiger partial charge in [-0.3, -0.25) is 9.97 Å². The van der Waals surface area contributed by atoms with Gasteiger partial charge in [0.05, 0.1) is 29.4 Å². The largest absolute Gasteiger partial charge is 0.261 e. The van der Waals surface area contributed by atoms with E-state index in [4.69, 9.17) is 5.26 Å². The van der Waals surface area contributed by atoms with Gasteiger partial charge < -0.3 is 0 Å². The minimum atomic E-state index is -3.71. The smallest absolute Gasteiger partial charge is 0.241 e. The van der Waals surface area contributed by atoms with Gasteiger partial charge in [0.15, 0.2) is 0 Å². The molecular formula is C14H12N8O2S. The Bertz CT molecular complexity index is 993. The lowest BCUT2D eigenvalue weighted by Gasteiger charge is -2.03. The average Bonchev–Trinajstić information content (AvgIpc) is 3.09. The van der Waals surface area contributed by atoms with Gasteiger partial charge in [0, 0.05) is 18.0 Å². The van der Waals surface area contributed by atoms with E-state index in [-0.39, 0.29) is 11.4 Å². The fraction of sp³-hybridized carbons (Fsp3) is 0.143. The fourth-order valence-corrected chi connectivity index (χ4v) is 2.89. The molecule has 3 rings (SSSR count). The normalized spacial score (nSPS) is 11.2. The molecule has 0 aliphatic carbocycles. The van der Waals surface area contributed by atoms with Crippen molar-refractivity contribution in [3.8, 4) is 17.5 Å². The number of hydrogen-bond acceptors (Lipinski definition) is 8. The van der Waals surface area contributed by atoms with E-state index in [1.807, 2.05) is 0 Å². The van der Waals surface area contributed by atoms with Crippen LogP contribution in [-0.4, -0.2) is 45.1 Å². The van der Waals surface area contributed by atoms with E-state index in [0.717, 1.165) is 0 Å². The van der Waals surface area contributed by atoms with Crippen LogP contribution in [0.5, 0.6) is 0 Å². The number of sulfonamides is 1. The highest BCUT2D eigenvalue weighted by Gasteiger charge is 2.14. The van der Waals surface area contributed by atoms with Crippen molar-refractivity contribution >= 4 is 10.0 Å². The monoisotopic (exact) mass is 356 g/mol. The second kappa shape index (κ2) is 7.12. The second-order valence-corrected chi connectivity index (χ2v) is 6.61. The number of aromatic nitrogens is 6. The summed E-state index contributed by atoms with van der Waals surface area (Å²) in [6.45, 7) is 0.0354. The number of hydrogen-bond donors (Lipinski definition) is 1. The minimum Gasteiger partial charge on any atom is -0.261 e. The molecule has 0 amide bonds. The summed E-state index contributed by atoms with van der Waals surface area (Å²) < 4.78 is 26.0. The molecule has 0 bridgehead atoms. The van der Waals surface area contributed by atoms with Crippen LogP contribution in [0.2, 0.25) is 0 Å². The van der Waals surface area contributed by atoms with E-state index in [9.17, 15) is 8.42 Å². The van der Waals surface area contributed by atoms with Crippen LogP contribution in [0.4, 0.5) is 0 Å². The molecule has 0 atom stereocenters. The predicted octanol–water partition coefficient (Wildman–Crippen LogP) is -0.0197. The van der Waals surface area contributed by atoms with Crippen molar-refractivity contribution in [2.45, 2.75) is 11.4 Å². The number of benzene rings is 1. The van der Waals surface area contributed by atoms with E-state index in [1.54, 1.807) is 36.8 Å². The standard InChI is InChI=1S/C14H12N8O2S/c15-5-6-18-25(23,24)13-3-1-11(2-4-13)14-19-21-22(20-14)10-12-9-16-7-8-17-12/h1-4,7-9,18H,6,10H2. The molecule has 0 fully saturated rings. The number of tetrazole rings is 1. The van der Waals surface area contributed by atoms with Gasteiger partial charge in [-0.2, -0.15) is 14.8 Å². The van der Waals surface area contributed by atoms with E-state index >= 15 is 0 Å². The minimum absolute atomic E-state index is 0.0541. The lowest BCUT2D eigenvalue weighted by Crippen LogP contribution is -2.23. The van der Waals surface area contributed by atoms with Crippen LogP contribution in [0.25, 0.3) is 11.4 Å². The molecule has 2 heterocycles. The highest BCUT2D eigenvalue weighted by molar-refractivity contribution is 7.89. The van der Waals surface area contributed by atoms with Gasteiger partial charge in [0.25, 0.3) is 0 Å². The predicted molar refractivity (Wildman–Crippen MR) is 85.2 cm³/mol. The van der Waals surface area contributed by atoms with Crippen molar-refractivity contribution in [1.29, 1.82) is 5.26 Å². The Labute approximate surface area is 143 Å². The molecule has 0 aliphatic rings. The Hall–Kier alpha value is -3.23. The van der Waals surface area contributed by atoms with E-state index < -0.39 is 10.0 Å². The van der Waals surface area contributed by atoms with Crippen molar-refractivity contribution < 1.29 is 8.42 Å². The third kappa shape index (κ3) is 4.00. The quantitative estimate of drug-likeness (QED) is 0.608. The van der Waals surface area contributed by atoms with Crippen LogP contribution in [0.1, 0.15) is 5.69 Å². The molecule has 0 saturated heterocycles. The van der Waals surface area contributed by atoms with Crippen LogP contribution in [0, 0.1) is 11.3 Å². The second-order valence-electron chi connectivity index (χ2n) is 4.85. The Morgan fingerprint density at radius 1 is 1.20 bits per heavy atom. The zero-order chi connectivity index (χ0) is 17.7. The number of nitriles is 1. The van der Waals surface area contributed by atoms with Gasteiger partial charge in [-0.25, -0.2) is 8.42 Å². The molecule has 0 aliphatic heterocycles. The third-order valence-electron chi connectivity index (χ3n) is 3.14. The summed E-state index contributed by atoms with van der Waals surface area (Å²) in [6, 6.07) is 7.70. The highest BCUT2D eigenvalue weighted by atomic mass is 32.2. The Balaban J connectivity index is 1.76. The molecule has 126 valence electrons. The summed E-state index contributed by atoms with van der Waals surface area (Å²) in [5, 5.41) is 20.6. The zero-order valence-electron chi connectivity index (χ0n) is 12.8. The van der Waals surface area contributed by atoms with Crippen molar-refractivity contribution in [3.63, 3.8) is 0 Å². The Morgan fingerprint density at radius 3 is 2.68 bits per heavy atom. The average molecular weight is 356 g/mol. The maximum Gasteiger partial charge on any atom is 0.241 e. The summed E-state index contributed by atoms with van der Waals surface area (Å²) in [6.07, 6.45) is 4.76. The van der Waals surface area contributed by atoms with Crippen LogP contribution in [0.3, 0.4) is 0 Å². The maximum atomic E-state index is 11.9. The van der Waals surface area contributed by atoms with E-state index in [0.29, 0.717) is 23.6 Å². The van der Waals surface area contributed by atoms with Crippen molar-refractivity contribution in [3.05, 3.63) is 48.5 Å². The summed E-state index contributed by atoms with van der Waals surface area (Å²) >= 11 is 0. The molecule has 0 spiro atoms. The van der Waals surface area contributed by atoms with Crippen molar-refractivity contribution in [2.75, 3.05) is 6.54 Å². The zero-order valence-corrected chi connectivity index (χ0v) is 13.6. The maximum absolute atomic E-state index is 11.9. The molecule has 2 aromatic heterocycles. The van der Waals surface area contributed by atoms with Gasteiger partial charge >= 0.3 is 0 Å². The summed E-state index contributed by atoms with van der Waals surface area (Å²) in [5.74, 6) is 0.359. The Morgan fingerprint density at radius 2 is 2.00 bits per heavy atom. The van der Waals surface area contributed by atoms with Gasteiger partial charge in [-0.05, 0) is 29.5 Å². The lowest BCUT2D eigenvalue weighted by atomic mass is 10.2. The molecule has 0 radical (unpaired) electrons. The molecule has 3 aromatic rings.